The lowest BCUT2D eigenvalue weighted by atomic mass is 9.72. The first-order valence-electron chi connectivity index (χ1n) is 6.19. The zero-order chi connectivity index (χ0) is 11.7. The van der Waals surface area contributed by atoms with Gasteiger partial charge in [-0.25, -0.2) is 0 Å². The minimum atomic E-state index is 0.130. The molecule has 0 N–H and O–H groups in total. The van der Waals surface area contributed by atoms with Crippen molar-refractivity contribution in [1.29, 1.82) is 0 Å². The van der Waals surface area contributed by atoms with Gasteiger partial charge in [0.05, 0.1) is 0 Å². The van der Waals surface area contributed by atoms with Crippen molar-refractivity contribution < 1.29 is 4.79 Å². The van der Waals surface area contributed by atoms with Gasteiger partial charge in [-0.3, -0.25) is 0 Å². The van der Waals surface area contributed by atoms with E-state index in [1.54, 1.807) is 0 Å². The lowest BCUT2D eigenvalue weighted by Crippen LogP contribution is -2.19. The molecule has 1 aromatic rings. The molecule has 1 nitrogen and oxygen atoms in total. The third-order valence-corrected chi connectivity index (χ3v) is 3.80. The molecular formula is C15H20O. The number of carbonyl (C=O) groups excluding carboxylic acids is 1. The molecule has 0 saturated heterocycles. The molecule has 0 bridgehead atoms. The molecule has 0 fully saturated rings. The Hall–Kier alpha value is -1.11. The van der Waals surface area contributed by atoms with Gasteiger partial charge in [-0.05, 0) is 42.7 Å². The number of benzene rings is 1. The second-order valence-corrected chi connectivity index (χ2v) is 5.30. The number of aldehydes is 1. The Kier molecular flexibility index (Phi) is 3.13. The van der Waals surface area contributed by atoms with Crippen LogP contribution in [0.1, 0.15) is 55.2 Å². The van der Waals surface area contributed by atoms with E-state index in [4.69, 9.17) is 0 Å². The standard InChI is InChI=1S/C15H20O/c1-10(2)13-7-5-12(9-16)14-6-4-11(3)8-15(13)14/h4,6,8-10,12-13H,5,7H2,1-3H3/t12-,13-/m0/s1. The summed E-state index contributed by atoms with van der Waals surface area (Å²) in [5, 5.41) is 0. The van der Waals surface area contributed by atoms with Gasteiger partial charge in [0.2, 0.25) is 0 Å². The van der Waals surface area contributed by atoms with E-state index < -0.39 is 0 Å². The predicted molar refractivity (Wildman–Crippen MR) is 66.8 cm³/mol. The van der Waals surface area contributed by atoms with Crippen molar-refractivity contribution in [3.8, 4) is 0 Å². The van der Waals surface area contributed by atoms with Gasteiger partial charge in [0.15, 0.2) is 0 Å². The van der Waals surface area contributed by atoms with Crippen LogP contribution in [-0.4, -0.2) is 6.29 Å². The highest BCUT2D eigenvalue weighted by atomic mass is 16.1. The molecule has 0 radical (unpaired) electrons. The minimum absolute atomic E-state index is 0.130. The van der Waals surface area contributed by atoms with Crippen LogP contribution in [-0.2, 0) is 4.79 Å². The molecule has 0 aliphatic heterocycles. The van der Waals surface area contributed by atoms with Crippen LogP contribution in [0.25, 0.3) is 0 Å². The fraction of sp³-hybridized carbons (Fsp3) is 0.533. The smallest absolute Gasteiger partial charge is 0.127 e. The summed E-state index contributed by atoms with van der Waals surface area (Å²) < 4.78 is 0. The minimum Gasteiger partial charge on any atom is -0.303 e. The highest BCUT2D eigenvalue weighted by Crippen LogP contribution is 2.41. The van der Waals surface area contributed by atoms with Gasteiger partial charge in [-0.2, -0.15) is 0 Å². The molecule has 1 aromatic carbocycles. The van der Waals surface area contributed by atoms with Gasteiger partial charge >= 0.3 is 0 Å². The van der Waals surface area contributed by atoms with Crippen LogP contribution >= 0.6 is 0 Å². The van der Waals surface area contributed by atoms with Crippen molar-refractivity contribution in [3.63, 3.8) is 0 Å². The average molecular weight is 216 g/mol. The fourth-order valence-corrected chi connectivity index (χ4v) is 2.86. The van der Waals surface area contributed by atoms with Gasteiger partial charge in [0, 0.05) is 5.92 Å². The molecular weight excluding hydrogens is 196 g/mol. The van der Waals surface area contributed by atoms with Gasteiger partial charge in [0.25, 0.3) is 0 Å². The quantitative estimate of drug-likeness (QED) is 0.687. The first-order chi connectivity index (χ1) is 7.63. The first-order valence-corrected chi connectivity index (χ1v) is 6.19. The van der Waals surface area contributed by atoms with Gasteiger partial charge in [-0.1, -0.05) is 37.6 Å². The molecule has 2 atom stereocenters. The molecule has 1 aliphatic carbocycles. The van der Waals surface area contributed by atoms with Crippen molar-refractivity contribution in [2.45, 2.75) is 45.4 Å². The molecule has 0 unspecified atom stereocenters. The number of rotatable bonds is 2. The third kappa shape index (κ3) is 1.91. The van der Waals surface area contributed by atoms with Gasteiger partial charge < -0.3 is 4.79 Å². The molecule has 0 heterocycles. The normalized spacial score (nSPS) is 24.2. The molecule has 0 aromatic heterocycles. The lowest BCUT2D eigenvalue weighted by molar-refractivity contribution is -0.109. The third-order valence-electron chi connectivity index (χ3n) is 3.80. The van der Waals surface area contributed by atoms with E-state index in [0.29, 0.717) is 11.8 Å². The van der Waals surface area contributed by atoms with E-state index in [2.05, 4.69) is 39.0 Å². The number of hydrogen-bond acceptors (Lipinski definition) is 1. The molecule has 0 spiro atoms. The summed E-state index contributed by atoms with van der Waals surface area (Å²) in [7, 11) is 0. The van der Waals surface area contributed by atoms with Crippen molar-refractivity contribution >= 4 is 6.29 Å². The number of fused-ring (bicyclic) bond motifs is 1. The Morgan fingerprint density at radius 3 is 2.62 bits per heavy atom. The SMILES string of the molecule is Cc1ccc2c(c1)[C@H](C(C)C)CC[C@H]2C=O. The molecule has 0 saturated carbocycles. The Morgan fingerprint density at radius 1 is 1.25 bits per heavy atom. The zero-order valence-electron chi connectivity index (χ0n) is 10.4. The summed E-state index contributed by atoms with van der Waals surface area (Å²) in [4.78, 5) is 11.1. The van der Waals surface area contributed by atoms with Crippen molar-refractivity contribution in [2.75, 3.05) is 0 Å². The first kappa shape index (κ1) is 11.4. The molecule has 16 heavy (non-hydrogen) atoms. The van der Waals surface area contributed by atoms with E-state index in [-0.39, 0.29) is 5.92 Å². The van der Waals surface area contributed by atoms with Crippen LogP contribution in [0.2, 0.25) is 0 Å². The maximum atomic E-state index is 11.1. The highest BCUT2D eigenvalue weighted by Gasteiger charge is 2.28. The summed E-state index contributed by atoms with van der Waals surface area (Å²) in [6.07, 6.45) is 3.28. The molecule has 2 rings (SSSR count). The zero-order valence-corrected chi connectivity index (χ0v) is 10.4. The largest absolute Gasteiger partial charge is 0.303 e. The van der Waals surface area contributed by atoms with Crippen LogP contribution in [0.5, 0.6) is 0 Å². The van der Waals surface area contributed by atoms with E-state index in [0.717, 1.165) is 19.1 Å². The summed E-state index contributed by atoms with van der Waals surface area (Å²) >= 11 is 0. The molecule has 86 valence electrons. The average Bonchev–Trinajstić information content (AvgIpc) is 2.26. The summed E-state index contributed by atoms with van der Waals surface area (Å²) in [5.41, 5.74) is 3.99. The topological polar surface area (TPSA) is 17.1 Å². The number of carbonyl (C=O) groups is 1. The second-order valence-electron chi connectivity index (χ2n) is 5.30. The van der Waals surface area contributed by atoms with E-state index in [9.17, 15) is 4.79 Å². The van der Waals surface area contributed by atoms with Crippen molar-refractivity contribution in [1.82, 2.24) is 0 Å². The van der Waals surface area contributed by atoms with Crippen LogP contribution in [0.15, 0.2) is 18.2 Å². The van der Waals surface area contributed by atoms with Crippen LogP contribution in [0.3, 0.4) is 0 Å². The maximum absolute atomic E-state index is 11.1. The monoisotopic (exact) mass is 216 g/mol. The summed E-state index contributed by atoms with van der Waals surface area (Å²) in [6, 6.07) is 6.55. The number of aryl methyl sites for hydroxylation is 1. The summed E-state index contributed by atoms with van der Waals surface area (Å²) in [5.74, 6) is 1.42. The van der Waals surface area contributed by atoms with Crippen molar-refractivity contribution in [2.24, 2.45) is 5.92 Å². The Balaban J connectivity index is 2.48. The molecule has 1 heteroatoms. The Morgan fingerprint density at radius 2 is 2.00 bits per heavy atom. The highest BCUT2D eigenvalue weighted by molar-refractivity contribution is 5.64. The molecule has 1 aliphatic rings. The van der Waals surface area contributed by atoms with Crippen molar-refractivity contribution in [3.05, 3.63) is 34.9 Å². The lowest BCUT2D eigenvalue weighted by Gasteiger charge is -2.32. The Bertz CT molecular complexity index is 392. The van der Waals surface area contributed by atoms with E-state index in [1.165, 1.54) is 16.7 Å². The second kappa shape index (κ2) is 4.40. The van der Waals surface area contributed by atoms with Crippen LogP contribution in [0, 0.1) is 12.8 Å². The fourth-order valence-electron chi connectivity index (χ4n) is 2.86. The maximum Gasteiger partial charge on any atom is 0.127 e. The van der Waals surface area contributed by atoms with E-state index in [1.807, 2.05) is 0 Å². The summed E-state index contributed by atoms with van der Waals surface area (Å²) in [6.45, 7) is 6.68. The van der Waals surface area contributed by atoms with E-state index >= 15 is 0 Å². The van der Waals surface area contributed by atoms with Gasteiger partial charge in [-0.15, -0.1) is 0 Å². The van der Waals surface area contributed by atoms with Crippen LogP contribution in [0.4, 0.5) is 0 Å². The molecule has 0 amide bonds. The van der Waals surface area contributed by atoms with Gasteiger partial charge in [0.1, 0.15) is 6.29 Å². The predicted octanol–water partition coefficient (Wildman–Crippen LogP) is 3.81. The van der Waals surface area contributed by atoms with Crippen LogP contribution < -0.4 is 0 Å². The number of hydrogen-bond donors (Lipinski definition) is 0. The Labute approximate surface area is 97.9 Å².